The first-order chi connectivity index (χ1) is 9.17. The molecule has 1 aliphatic heterocycles. The third kappa shape index (κ3) is 3.95. The lowest BCUT2D eigenvalue weighted by molar-refractivity contribution is 0.0824. The first-order valence-corrected chi connectivity index (χ1v) is 8.62. The zero-order chi connectivity index (χ0) is 13.7. The van der Waals surface area contributed by atoms with Gasteiger partial charge in [0.25, 0.3) is 0 Å². The quantitative estimate of drug-likeness (QED) is 0.789. The van der Waals surface area contributed by atoms with Crippen molar-refractivity contribution in [1.82, 2.24) is 10.2 Å². The van der Waals surface area contributed by atoms with Gasteiger partial charge >= 0.3 is 0 Å². The van der Waals surface area contributed by atoms with Crippen LogP contribution in [0.2, 0.25) is 0 Å². The number of rotatable bonds is 6. The van der Waals surface area contributed by atoms with Gasteiger partial charge in [0, 0.05) is 19.1 Å². The predicted octanol–water partition coefficient (Wildman–Crippen LogP) is 3.67. The maximum Gasteiger partial charge on any atom is 0.0119 e. The Labute approximate surface area is 120 Å². The average Bonchev–Trinajstić information content (AvgIpc) is 2.86. The third-order valence-electron chi connectivity index (χ3n) is 5.39. The van der Waals surface area contributed by atoms with Gasteiger partial charge in [-0.2, -0.15) is 0 Å². The fourth-order valence-corrected chi connectivity index (χ4v) is 4.32. The van der Waals surface area contributed by atoms with Crippen LogP contribution in [0.1, 0.15) is 65.7 Å². The SMILES string of the molecule is CCNCC1(CN2CCCC2C(C)C)CCCCC1. The molecule has 19 heavy (non-hydrogen) atoms. The fraction of sp³-hybridized carbons (Fsp3) is 1.00. The standard InChI is InChI=1S/C17H34N2/c1-4-18-13-17(10-6-5-7-11-17)14-19-12-8-9-16(19)15(2)3/h15-16,18H,4-14H2,1-3H3. The molecule has 0 aromatic carbocycles. The molecule has 1 heterocycles. The van der Waals surface area contributed by atoms with E-state index in [9.17, 15) is 0 Å². The summed E-state index contributed by atoms with van der Waals surface area (Å²) in [6.45, 7) is 12.1. The summed E-state index contributed by atoms with van der Waals surface area (Å²) >= 11 is 0. The zero-order valence-electron chi connectivity index (χ0n) is 13.4. The molecule has 1 saturated carbocycles. The van der Waals surface area contributed by atoms with Crippen LogP contribution in [-0.2, 0) is 0 Å². The van der Waals surface area contributed by atoms with E-state index in [2.05, 4.69) is 31.0 Å². The Hall–Kier alpha value is -0.0800. The predicted molar refractivity (Wildman–Crippen MR) is 83.5 cm³/mol. The summed E-state index contributed by atoms with van der Waals surface area (Å²) in [5, 5.41) is 3.65. The van der Waals surface area contributed by atoms with E-state index in [0.29, 0.717) is 5.41 Å². The van der Waals surface area contributed by atoms with Gasteiger partial charge in [0.1, 0.15) is 0 Å². The van der Waals surface area contributed by atoms with Crippen molar-refractivity contribution in [2.24, 2.45) is 11.3 Å². The van der Waals surface area contributed by atoms with E-state index in [1.54, 1.807) is 0 Å². The summed E-state index contributed by atoms with van der Waals surface area (Å²) in [5.41, 5.74) is 0.575. The molecule has 1 N–H and O–H groups in total. The Morgan fingerprint density at radius 1 is 1.16 bits per heavy atom. The molecule has 0 radical (unpaired) electrons. The number of hydrogen-bond donors (Lipinski definition) is 1. The highest BCUT2D eigenvalue weighted by Crippen LogP contribution is 2.38. The smallest absolute Gasteiger partial charge is 0.0119 e. The van der Waals surface area contributed by atoms with Crippen LogP contribution in [0, 0.1) is 11.3 Å². The van der Waals surface area contributed by atoms with E-state index >= 15 is 0 Å². The Balaban J connectivity index is 1.98. The van der Waals surface area contributed by atoms with Gasteiger partial charge in [0.05, 0.1) is 0 Å². The summed E-state index contributed by atoms with van der Waals surface area (Å²) in [4.78, 5) is 2.83. The second-order valence-corrected chi connectivity index (χ2v) is 7.27. The van der Waals surface area contributed by atoms with Gasteiger partial charge in [-0.25, -0.2) is 0 Å². The molecule has 1 unspecified atom stereocenters. The Morgan fingerprint density at radius 2 is 1.89 bits per heavy atom. The maximum atomic E-state index is 3.65. The van der Waals surface area contributed by atoms with Crippen LogP contribution < -0.4 is 5.32 Å². The highest BCUT2D eigenvalue weighted by atomic mass is 15.2. The normalized spacial score (nSPS) is 28.1. The van der Waals surface area contributed by atoms with Crippen LogP contribution >= 0.6 is 0 Å². The Bertz CT molecular complexity index is 256. The molecule has 2 aliphatic rings. The minimum Gasteiger partial charge on any atom is -0.316 e. The van der Waals surface area contributed by atoms with E-state index in [1.165, 1.54) is 64.6 Å². The first-order valence-electron chi connectivity index (χ1n) is 8.62. The number of nitrogens with zero attached hydrogens (tertiary/aromatic N) is 1. The summed E-state index contributed by atoms with van der Waals surface area (Å²) in [5.74, 6) is 0.822. The molecular formula is C17H34N2. The van der Waals surface area contributed by atoms with E-state index in [4.69, 9.17) is 0 Å². The highest BCUT2D eigenvalue weighted by molar-refractivity contribution is 4.92. The monoisotopic (exact) mass is 266 g/mol. The van der Waals surface area contributed by atoms with Gasteiger partial charge in [-0.05, 0) is 50.1 Å². The Morgan fingerprint density at radius 3 is 2.53 bits per heavy atom. The molecule has 0 spiro atoms. The van der Waals surface area contributed by atoms with Crippen LogP contribution in [0.4, 0.5) is 0 Å². The molecule has 0 amide bonds. The molecule has 2 fully saturated rings. The lowest BCUT2D eigenvalue weighted by atomic mass is 9.73. The topological polar surface area (TPSA) is 15.3 Å². The minimum atomic E-state index is 0.575. The molecule has 112 valence electrons. The van der Waals surface area contributed by atoms with Crippen molar-refractivity contribution in [3.8, 4) is 0 Å². The molecule has 0 aromatic rings. The maximum absolute atomic E-state index is 3.65. The van der Waals surface area contributed by atoms with E-state index in [-0.39, 0.29) is 0 Å². The molecule has 0 bridgehead atoms. The van der Waals surface area contributed by atoms with E-state index in [0.717, 1.165) is 18.5 Å². The van der Waals surface area contributed by atoms with Crippen LogP contribution in [0.3, 0.4) is 0 Å². The van der Waals surface area contributed by atoms with Gasteiger partial charge in [0.2, 0.25) is 0 Å². The summed E-state index contributed by atoms with van der Waals surface area (Å²) in [6, 6.07) is 0.848. The van der Waals surface area contributed by atoms with Crippen LogP contribution in [0.25, 0.3) is 0 Å². The molecule has 2 heteroatoms. The van der Waals surface area contributed by atoms with E-state index in [1.807, 2.05) is 0 Å². The Kier molecular flexibility index (Phi) is 5.70. The molecule has 1 atom stereocenters. The van der Waals surface area contributed by atoms with Crippen molar-refractivity contribution in [2.45, 2.75) is 71.8 Å². The first kappa shape index (κ1) is 15.3. The highest BCUT2D eigenvalue weighted by Gasteiger charge is 2.37. The molecule has 1 aliphatic carbocycles. The molecule has 2 nitrogen and oxygen atoms in total. The zero-order valence-corrected chi connectivity index (χ0v) is 13.4. The molecular weight excluding hydrogens is 232 g/mol. The van der Waals surface area contributed by atoms with Crippen molar-refractivity contribution in [2.75, 3.05) is 26.2 Å². The van der Waals surface area contributed by atoms with E-state index < -0.39 is 0 Å². The average molecular weight is 266 g/mol. The largest absolute Gasteiger partial charge is 0.316 e. The molecule has 1 saturated heterocycles. The van der Waals surface area contributed by atoms with Gasteiger partial charge in [0.15, 0.2) is 0 Å². The number of hydrogen-bond acceptors (Lipinski definition) is 2. The van der Waals surface area contributed by atoms with Gasteiger partial charge in [-0.15, -0.1) is 0 Å². The van der Waals surface area contributed by atoms with Crippen LogP contribution in [0.5, 0.6) is 0 Å². The van der Waals surface area contributed by atoms with Crippen molar-refractivity contribution in [3.63, 3.8) is 0 Å². The lowest BCUT2D eigenvalue weighted by Crippen LogP contribution is -2.47. The van der Waals surface area contributed by atoms with Gasteiger partial charge in [-0.3, -0.25) is 4.90 Å². The molecule has 2 rings (SSSR count). The van der Waals surface area contributed by atoms with Gasteiger partial charge < -0.3 is 5.32 Å². The van der Waals surface area contributed by atoms with Crippen molar-refractivity contribution in [3.05, 3.63) is 0 Å². The molecule has 0 aromatic heterocycles. The van der Waals surface area contributed by atoms with Crippen LogP contribution in [0.15, 0.2) is 0 Å². The second kappa shape index (κ2) is 7.08. The summed E-state index contributed by atoms with van der Waals surface area (Å²) in [6.07, 6.45) is 10.1. The van der Waals surface area contributed by atoms with Crippen LogP contribution in [-0.4, -0.2) is 37.1 Å². The second-order valence-electron chi connectivity index (χ2n) is 7.27. The van der Waals surface area contributed by atoms with Crippen molar-refractivity contribution >= 4 is 0 Å². The summed E-state index contributed by atoms with van der Waals surface area (Å²) in [7, 11) is 0. The number of nitrogens with one attached hydrogen (secondary N) is 1. The third-order valence-corrected chi connectivity index (χ3v) is 5.39. The van der Waals surface area contributed by atoms with Gasteiger partial charge in [-0.1, -0.05) is 40.0 Å². The van der Waals surface area contributed by atoms with Crippen molar-refractivity contribution < 1.29 is 0 Å². The van der Waals surface area contributed by atoms with Crippen molar-refractivity contribution in [1.29, 1.82) is 0 Å². The fourth-order valence-electron chi connectivity index (χ4n) is 4.32. The number of likely N-dealkylation sites (tertiary alicyclic amines) is 1. The minimum absolute atomic E-state index is 0.575. The summed E-state index contributed by atoms with van der Waals surface area (Å²) < 4.78 is 0. The lowest BCUT2D eigenvalue weighted by Gasteiger charge is -2.42.